The number of nitrogens with zero attached hydrogens (tertiary/aromatic N) is 2. The number of methoxy groups -OCH3 is 1. The van der Waals surface area contributed by atoms with Gasteiger partial charge in [-0.3, -0.25) is 14.9 Å². The number of carbonyl (C=O) groups is 1. The lowest BCUT2D eigenvalue weighted by Gasteiger charge is -2.08. The Hall–Kier alpha value is -3.39. The Kier molecular flexibility index (Phi) is 4.85. The van der Waals surface area contributed by atoms with Crippen LogP contribution in [0.2, 0.25) is 5.02 Å². The van der Waals surface area contributed by atoms with Crippen molar-refractivity contribution in [1.82, 2.24) is 4.98 Å². The summed E-state index contributed by atoms with van der Waals surface area (Å²) in [6.07, 6.45) is 1.96. The lowest BCUT2D eigenvalue weighted by Crippen LogP contribution is -1.97. The van der Waals surface area contributed by atoms with Gasteiger partial charge in [0.05, 0.1) is 29.4 Å². The quantitative estimate of drug-likeness (QED) is 0.300. The predicted molar refractivity (Wildman–Crippen MR) is 96.3 cm³/mol. The van der Waals surface area contributed by atoms with Crippen LogP contribution in [0.3, 0.4) is 0 Å². The highest BCUT2D eigenvalue weighted by Crippen LogP contribution is 2.30. The number of ether oxygens (including phenoxy) is 1. The van der Waals surface area contributed by atoms with Crippen LogP contribution in [0.15, 0.2) is 47.0 Å². The van der Waals surface area contributed by atoms with Gasteiger partial charge < -0.3 is 14.5 Å². The van der Waals surface area contributed by atoms with Crippen LogP contribution in [-0.4, -0.2) is 23.3 Å². The molecule has 0 atom stereocenters. The standard InChI is InChI=1S/C17H12ClN3O5/c1-25-16-7-12(21(23)24)3-4-13(16)19-8-10(9-22)17-20-14-6-11(18)2-5-15(14)26-17/h2-9,19H,1H3. The summed E-state index contributed by atoms with van der Waals surface area (Å²) in [5.74, 6) is 0.371. The zero-order valence-corrected chi connectivity index (χ0v) is 14.2. The Bertz CT molecular complexity index is 1030. The van der Waals surface area contributed by atoms with E-state index in [1.165, 1.54) is 31.5 Å². The van der Waals surface area contributed by atoms with Crippen molar-refractivity contribution < 1.29 is 18.9 Å². The van der Waals surface area contributed by atoms with Crippen LogP contribution in [0.5, 0.6) is 5.75 Å². The number of nitro benzene ring substituents is 1. The number of benzene rings is 2. The minimum Gasteiger partial charge on any atom is -0.494 e. The van der Waals surface area contributed by atoms with Crippen LogP contribution in [0.4, 0.5) is 11.4 Å². The van der Waals surface area contributed by atoms with Gasteiger partial charge in [-0.05, 0) is 24.3 Å². The van der Waals surface area contributed by atoms with E-state index in [1.807, 2.05) is 0 Å². The van der Waals surface area contributed by atoms with Crippen molar-refractivity contribution in [1.29, 1.82) is 0 Å². The molecule has 3 aromatic rings. The Balaban J connectivity index is 1.91. The summed E-state index contributed by atoms with van der Waals surface area (Å²) in [6.45, 7) is 0. The van der Waals surface area contributed by atoms with Gasteiger partial charge >= 0.3 is 0 Å². The average Bonchev–Trinajstić information content (AvgIpc) is 3.05. The summed E-state index contributed by atoms with van der Waals surface area (Å²) >= 11 is 5.91. The topological polar surface area (TPSA) is 108 Å². The average molecular weight is 374 g/mol. The number of aldehydes is 1. The molecule has 1 heterocycles. The number of carbonyl (C=O) groups excluding carboxylic acids is 1. The largest absolute Gasteiger partial charge is 0.494 e. The number of halogens is 1. The molecule has 132 valence electrons. The number of hydrogen-bond acceptors (Lipinski definition) is 7. The van der Waals surface area contributed by atoms with Crippen LogP contribution >= 0.6 is 11.6 Å². The maximum Gasteiger partial charge on any atom is 0.273 e. The lowest BCUT2D eigenvalue weighted by molar-refractivity contribution is -0.384. The Labute approximate surface area is 152 Å². The van der Waals surface area contributed by atoms with E-state index >= 15 is 0 Å². The van der Waals surface area contributed by atoms with Gasteiger partial charge in [-0.15, -0.1) is 0 Å². The van der Waals surface area contributed by atoms with E-state index in [4.69, 9.17) is 20.8 Å². The molecule has 0 amide bonds. The minimum absolute atomic E-state index is 0.109. The van der Waals surface area contributed by atoms with E-state index < -0.39 is 4.92 Å². The molecule has 1 N–H and O–H groups in total. The maximum atomic E-state index is 11.4. The highest BCUT2D eigenvalue weighted by Gasteiger charge is 2.13. The molecule has 2 aromatic carbocycles. The summed E-state index contributed by atoms with van der Waals surface area (Å²) in [7, 11) is 1.39. The number of hydrogen-bond donors (Lipinski definition) is 1. The third kappa shape index (κ3) is 3.50. The van der Waals surface area contributed by atoms with Gasteiger partial charge in [0.15, 0.2) is 11.9 Å². The third-order valence-corrected chi connectivity index (χ3v) is 3.74. The fourth-order valence-corrected chi connectivity index (χ4v) is 2.40. The summed E-state index contributed by atoms with van der Waals surface area (Å²) < 4.78 is 10.7. The maximum absolute atomic E-state index is 11.4. The van der Waals surface area contributed by atoms with E-state index in [1.54, 1.807) is 18.2 Å². The molecule has 26 heavy (non-hydrogen) atoms. The molecule has 0 saturated carbocycles. The second-order valence-electron chi connectivity index (χ2n) is 5.13. The molecule has 0 aliphatic carbocycles. The van der Waals surface area contributed by atoms with E-state index in [0.29, 0.717) is 28.1 Å². The zero-order valence-electron chi connectivity index (χ0n) is 13.4. The van der Waals surface area contributed by atoms with Gasteiger partial charge in [0, 0.05) is 17.3 Å². The Morgan fingerprint density at radius 2 is 2.15 bits per heavy atom. The summed E-state index contributed by atoms with van der Waals surface area (Å²) in [6, 6.07) is 9.01. The molecule has 0 fully saturated rings. The molecule has 3 rings (SSSR count). The van der Waals surface area contributed by atoms with Gasteiger partial charge in [0.2, 0.25) is 5.89 Å². The number of oxazole rings is 1. The van der Waals surface area contributed by atoms with Gasteiger partial charge in [-0.25, -0.2) is 4.98 Å². The van der Waals surface area contributed by atoms with Gasteiger partial charge in [-0.2, -0.15) is 0 Å². The van der Waals surface area contributed by atoms with E-state index in [0.717, 1.165) is 0 Å². The molecule has 0 bridgehead atoms. The van der Waals surface area contributed by atoms with Crippen LogP contribution in [0.1, 0.15) is 5.89 Å². The normalized spacial score (nSPS) is 11.4. The second kappa shape index (κ2) is 7.24. The van der Waals surface area contributed by atoms with E-state index in [9.17, 15) is 14.9 Å². The Morgan fingerprint density at radius 3 is 2.85 bits per heavy atom. The fraction of sp³-hybridized carbons (Fsp3) is 0.0588. The number of nitro groups is 1. The van der Waals surface area contributed by atoms with Crippen LogP contribution in [-0.2, 0) is 4.79 Å². The van der Waals surface area contributed by atoms with Gasteiger partial charge in [0.25, 0.3) is 5.69 Å². The van der Waals surface area contributed by atoms with Crippen molar-refractivity contribution in [2.75, 3.05) is 12.4 Å². The zero-order chi connectivity index (χ0) is 18.7. The van der Waals surface area contributed by atoms with Crippen molar-refractivity contribution in [2.24, 2.45) is 0 Å². The molecule has 8 nitrogen and oxygen atoms in total. The summed E-state index contributed by atoms with van der Waals surface area (Å²) in [4.78, 5) is 25.9. The molecule has 0 unspecified atom stereocenters. The first-order valence-corrected chi connectivity index (χ1v) is 7.70. The van der Waals surface area contributed by atoms with Crippen LogP contribution < -0.4 is 10.1 Å². The van der Waals surface area contributed by atoms with Crippen molar-refractivity contribution in [2.45, 2.75) is 0 Å². The van der Waals surface area contributed by atoms with Crippen molar-refractivity contribution >= 4 is 45.9 Å². The SMILES string of the molecule is COc1cc([N+](=O)[O-])ccc1NC=C(C=O)c1nc2cc(Cl)ccc2o1. The number of nitrogens with one attached hydrogen (secondary N) is 1. The molecule has 1 aromatic heterocycles. The predicted octanol–water partition coefficient (Wildman–Crippen LogP) is 4.05. The molecular weight excluding hydrogens is 362 g/mol. The number of rotatable bonds is 6. The van der Waals surface area contributed by atoms with Crippen LogP contribution in [0, 0.1) is 10.1 Å². The molecule has 0 radical (unpaired) electrons. The van der Waals surface area contributed by atoms with Crippen molar-refractivity contribution in [3.8, 4) is 5.75 Å². The van der Waals surface area contributed by atoms with Crippen LogP contribution in [0.25, 0.3) is 16.7 Å². The Morgan fingerprint density at radius 1 is 1.35 bits per heavy atom. The summed E-state index contributed by atoms with van der Waals surface area (Å²) in [5, 5.41) is 14.2. The molecular formula is C17H12ClN3O5. The monoisotopic (exact) mass is 373 g/mol. The molecule has 0 saturated heterocycles. The number of non-ortho nitro benzene ring substituents is 1. The highest BCUT2D eigenvalue weighted by molar-refractivity contribution is 6.31. The molecule has 0 aliphatic heterocycles. The van der Waals surface area contributed by atoms with Gasteiger partial charge in [-0.1, -0.05) is 11.6 Å². The number of anilines is 1. The first-order valence-electron chi connectivity index (χ1n) is 7.32. The van der Waals surface area contributed by atoms with Gasteiger partial charge in [0.1, 0.15) is 11.3 Å². The smallest absolute Gasteiger partial charge is 0.273 e. The first-order chi connectivity index (χ1) is 12.5. The number of allylic oxidation sites excluding steroid dienone is 1. The third-order valence-electron chi connectivity index (χ3n) is 3.50. The van der Waals surface area contributed by atoms with E-state index in [-0.39, 0.29) is 22.9 Å². The molecule has 0 aliphatic rings. The lowest BCUT2D eigenvalue weighted by atomic mass is 10.2. The van der Waals surface area contributed by atoms with Crippen molar-refractivity contribution in [3.63, 3.8) is 0 Å². The fourth-order valence-electron chi connectivity index (χ4n) is 2.24. The number of fused-ring (bicyclic) bond motifs is 1. The second-order valence-corrected chi connectivity index (χ2v) is 5.57. The highest BCUT2D eigenvalue weighted by atomic mass is 35.5. The first kappa shape index (κ1) is 17.4. The van der Waals surface area contributed by atoms with E-state index in [2.05, 4.69) is 10.3 Å². The number of aromatic nitrogens is 1. The van der Waals surface area contributed by atoms with Crippen molar-refractivity contribution in [3.05, 3.63) is 63.6 Å². The molecule has 9 heteroatoms. The minimum atomic E-state index is -0.525. The summed E-state index contributed by atoms with van der Waals surface area (Å²) in [5.41, 5.74) is 1.50. The molecule has 0 spiro atoms.